The van der Waals surface area contributed by atoms with Crippen LogP contribution in [0.25, 0.3) is 0 Å². The van der Waals surface area contributed by atoms with Crippen LogP contribution in [0.1, 0.15) is 29.3 Å². The van der Waals surface area contributed by atoms with Crippen molar-refractivity contribution in [2.24, 2.45) is 0 Å². The van der Waals surface area contributed by atoms with Crippen LogP contribution in [-0.2, 0) is 0 Å². The highest BCUT2D eigenvalue weighted by Crippen LogP contribution is 2.13. The Kier molecular flexibility index (Phi) is 4.76. The summed E-state index contributed by atoms with van der Waals surface area (Å²) in [4.78, 5) is 14.0. The van der Waals surface area contributed by atoms with Gasteiger partial charge >= 0.3 is 0 Å². The SMILES string of the molecule is C=CCN(CCC)C(=O)c1cc(C)cc(N)c1. The van der Waals surface area contributed by atoms with Crippen molar-refractivity contribution >= 4 is 11.6 Å². The Bertz CT molecular complexity index is 392. The van der Waals surface area contributed by atoms with Gasteiger partial charge in [-0.1, -0.05) is 13.0 Å². The third kappa shape index (κ3) is 3.63. The van der Waals surface area contributed by atoms with E-state index in [-0.39, 0.29) is 5.91 Å². The van der Waals surface area contributed by atoms with E-state index < -0.39 is 0 Å². The van der Waals surface area contributed by atoms with Gasteiger partial charge in [0.15, 0.2) is 0 Å². The van der Waals surface area contributed by atoms with Gasteiger partial charge < -0.3 is 10.6 Å². The van der Waals surface area contributed by atoms with Crippen LogP contribution in [0.15, 0.2) is 30.9 Å². The molecule has 0 heterocycles. The predicted molar refractivity (Wildman–Crippen MR) is 72.0 cm³/mol. The third-order valence-electron chi connectivity index (χ3n) is 2.48. The number of nitrogen functional groups attached to an aromatic ring is 1. The zero-order chi connectivity index (χ0) is 12.8. The molecule has 0 radical (unpaired) electrons. The van der Waals surface area contributed by atoms with Gasteiger partial charge in [0.2, 0.25) is 0 Å². The van der Waals surface area contributed by atoms with Gasteiger partial charge in [-0.3, -0.25) is 4.79 Å². The van der Waals surface area contributed by atoms with Gasteiger partial charge in [0.05, 0.1) is 0 Å². The smallest absolute Gasteiger partial charge is 0.254 e. The number of aryl methyl sites for hydroxylation is 1. The average Bonchev–Trinajstić information content (AvgIpc) is 2.26. The Morgan fingerprint density at radius 2 is 2.18 bits per heavy atom. The number of carbonyl (C=O) groups excluding carboxylic acids is 1. The molecule has 0 aromatic heterocycles. The molecule has 0 aliphatic heterocycles. The summed E-state index contributed by atoms with van der Waals surface area (Å²) in [5.41, 5.74) is 8.04. The normalized spacial score (nSPS) is 10.0. The molecule has 0 saturated heterocycles. The van der Waals surface area contributed by atoms with E-state index in [2.05, 4.69) is 6.58 Å². The molecule has 3 heteroatoms. The zero-order valence-corrected chi connectivity index (χ0v) is 10.6. The highest BCUT2D eigenvalue weighted by Gasteiger charge is 2.14. The number of hydrogen-bond acceptors (Lipinski definition) is 2. The fourth-order valence-electron chi connectivity index (χ4n) is 1.82. The monoisotopic (exact) mass is 232 g/mol. The lowest BCUT2D eigenvalue weighted by molar-refractivity contribution is 0.0774. The number of amides is 1. The van der Waals surface area contributed by atoms with Crippen LogP contribution in [0.5, 0.6) is 0 Å². The van der Waals surface area contributed by atoms with Gasteiger partial charge in [0.1, 0.15) is 0 Å². The topological polar surface area (TPSA) is 46.3 Å². The van der Waals surface area contributed by atoms with Crippen LogP contribution < -0.4 is 5.73 Å². The lowest BCUT2D eigenvalue weighted by atomic mass is 10.1. The van der Waals surface area contributed by atoms with Crippen molar-refractivity contribution in [2.45, 2.75) is 20.3 Å². The molecule has 0 unspecified atom stereocenters. The highest BCUT2D eigenvalue weighted by molar-refractivity contribution is 5.95. The molecule has 1 aromatic carbocycles. The van der Waals surface area contributed by atoms with Crippen LogP contribution in [0.2, 0.25) is 0 Å². The van der Waals surface area contributed by atoms with Crippen molar-refractivity contribution in [1.82, 2.24) is 4.90 Å². The lowest BCUT2D eigenvalue weighted by Gasteiger charge is -2.20. The van der Waals surface area contributed by atoms with Crippen LogP contribution in [0.3, 0.4) is 0 Å². The molecule has 92 valence electrons. The Balaban J connectivity index is 2.95. The first-order chi connectivity index (χ1) is 8.08. The van der Waals surface area contributed by atoms with Gasteiger partial charge in [-0.25, -0.2) is 0 Å². The maximum Gasteiger partial charge on any atom is 0.254 e. The average molecular weight is 232 g/mol. The largest absolute Gasteiger partial charge is 0.399 e. The van der Waals surface area contributed by atoms with Crippen molar-refractivity contribution in [3.63, 3.8) is 0 Å². The zero-order valence-electron chi connectivity index (χ0n) is 10.6. The maximum absolute atomic E-state index is 12.3. The number of benzene rings is 1. The second-order valence-electron chi connectivity index (χ2n) is 4.17. The van der Waals surface area contributed by atoms with Crippen molar-refractivity contribution in [2.75, 3.05) is 18.8 Å². The molecule has 3 nitrogen and oxygen atoms in total. The van der Waals surface area contributed by atoms with E-state index in [0.717, 1.165) is 18.5 Å². The third-order valence-corrected chi connectivity index (χ3v) is 2.48. The first-order valence-electron chi connectivity index (χ1n) is 5.85. The van der Waals surface area contributed by atoms with Gasteiger partial charge in [-0.2, -0.15) is 0 Å². The van der Waals surface area contributed by atoms with E-state index in [9.17, 15) is 4.79 Å². The summed E-state index contributed by atoms with van der Waals surface area (Å²) in [5.74, 6) is 0.0159. The van der Waals surface area contributed by atoms with Crippen LogP contribution in [0, 0.1) is 6.92 Å². The van der Waals surface area contributed by atoms with Crippen molar-refractivity contribution in [1.29, 1.82) is 0 Å². The Labute approximate surface area is 103 Å². The van der Waals surface area contributed by atoms with E-state index >= 15 is 0 Å². The summed E-state index contributed by atoms with van der Waals surface area (Å²) in [6.45, 7) is 8.97. The molecule has 0 fully saturated rings. The summed E-state index contributed by atoms with van der Waals surface area (Å²) in [5, 5.41) is 0. The first kappa shape index (κ1) is 13.3. The fourth-order valence-corrected chi connectivity index (χ4v) is 1.82. The molecule has 0 aliphatic carbocycles. The fraction of sp³-hybridized carbons (Fsp3) is 0.357. The summed E-state index contributed by atoms with van der Waals surface area (Å²) >= 11 is 0. The highest BCUT2D eigenvalue weighted by atomic mass is 16.2. The van der Waals surface area contributed by atoms with Crippen molar-refractivity contribution < 1.29 is 4.79 Å². The van der Waals surface area contributed by atoms with Crippen molar-refractivity contribution in [3.8, 4) is 0 Å². The molecule has 0 bridgehead atoms. The van der Waals surface area contributed by atoms with Crippen LogP contribution in [-0.4, -0.2) is 23.9 Å². The van der Waals surface area contributed by atoms with Crippen LogP contribution in [0.4, 0.5) is 5.69 Å². The second-order valence-corrected chi connectivity index (χ2v) is 4.17. The molecule has 0 saturated carbocycles. The standard InChI is InChI=1S/C14H20N2O/c1-4-6-16(7-5-2)14(17)12-8-11(3)9-13(15)10-12/h4,8-10H,1,5-7,15H2,2-3H3. The Morgan fingerprint density at radius 1 is 1.47 bits per heavy atom. The molecule has 0 spiro atoms. The summed E-state index contributed by atoms with van der Waals surface area (Å²) in [7, 11) is 0. The second kappa shape index (κ2) is 6.09. The van der Waals surface area contributed by atoms with E-state index in [4.69, 9.17) is 5.73 Å². The number of carbonyl (C=O) groups is 1. The maximum atomic E-state index is 12.3. The minimum atomic E-state index is 0.0159. The predicted octanol–water partition coefficient (Wildman–Crippen LogP) is 2.62. The van der Waals surface area contributed by atoms with Gasteiger partial charge in [0.25, 0.3) is 5.91 Å². The summed E-state index contributed by atoms with van der Waals surface area (Å²) < 4.78 is 0. The van der Waals surface area contributed by atoms with E-state index in [1.807, 2.05) is 26.0 Å². The van der Waals surface area contributed by atoms with Gasteiger partial charge in [-0.15, -0.1) is 6.58 Å². The van der Waals surface area contributed by atoms with E-state index in [1.54, 1.807) is 17.0 Å². The number of hydrogen-bond donors (Lipinski definition) is 1. The lowest BCUT2D eigenvalue weighted by Crippen LogP contribution is -2.32. The molecule has 0 aliphatic rings. The number of nitrogens with two attached hydrogens (primary N) is 1. The summed E-state index contributed by atoms with van der Waals surface area (Å²) in [6, 6.07) is 5.44. The quantitative estimate of drug-likeness (QED) is 0.626. The van der Waals surface area contributed by atoms with Gasteiger partial charge in [0, 0.05) is 24.3 Å². The van der Waals surface area contributed by atoms with E-state index in [0.29, 0.717) is 17.8 Å². The minimum absolute atomic E-state index is 0.0159. The first-order valence-corrected chi connectivity index (χ1v) is 5.85. The molecule has 2 N–H and O–H groups in total. The molecule has 1 rings (SSSR count). The number of rotatable bonds is 5. The molecular weight excluding hydrogens is 212 g/mol. The van der Waals surface area contributed by atoms with E-state index in [1.165, 1.54) is 0 Å². The number of nitrogens with zero attached hydrogens (tertiary/aromatic N) is 1. The molecule has 1 aromatic rings. The molecule has 1 amide bonds. The van der Waals surface area contributed by atoms with Gasteiger partial charge in [-0.05, 0) is 37.1 Å². The Hall–Kier alpha value is -1.77. The van der Waals surface area contributed by atoms with Crippen molar-refractivity contribution in [3.05, 3.63) is 42.0 Å². The molecule has 0 atom stereocenters. The summed E-state index contributed by atoms with van der Waals surface area (Å²) in [6.07, 6.45) is 2.67. The Morgan fingerprint density at radius 3 is 2.71 bits per heavy atom. The minimum Gasteiger partial charge on any atom is -0.399 e. The molecular formula is C14H20N2O. The van der Waals surface area contributed by atoms with Crippen LogP contribution >= 0.6 is 0 Å². The number of anilines is 1. The molecule has 17 heavy (non-hydrogen) atoms.